The second kappa shape index (κ2) is 6.38. The summed E-state index contributed by atoms with van der Waals surface area (Å²) in [4.78, 5) is 0. The van der Waals surface area contributed by atoms with Crippen LogP contribution in [0.1, 0.15) is 31.9 Å². The van der Waals surface area contributed by atoms with Gasteiger partial charge in [-0.2, -0.15) is 0 Å². The molecule has 2 atom stereocenters. The van der Waals surface area contributed by atoms with Gasteiger partial charge in [-0.1, -0.05) is 31.5 Å². The molecule has 1 fully saturated rings. The highest BCUT2D eigenvalue weighted by molar-refractivity contribution is 9.10. The predicted molar refractivity (Wildman–Crippen MR) is 79.1 cm³/mol. The summed E-state index contributed by atoms with van der Waals surface area (Å²) in [6.45, 7) is 6.17. The van der Waals surface area contributed by atoms with Crippen molar-refractivity contribution in [3.8, 4) is 0 Å². The van der Waals surface area contributed by atoms with Crippen molar-refractivity contribution in [1.82, 2.24) is 5.32 Å². The van der Waals surface area contributed by atoms with Crippen molar-refractivity contribution in [1.29, 1.82) is 0 Å². The predicted octanol–water partition coefficient (Wildman–Crippen LogP) is 4.18. The summed E-state index contributed by atoms with van der Waals surface area (Å²) in [7, 11) is 0. The van der Waals surface area contributed by atoms with E-state index in [-0.39, 0.29) is 6.10 Å². The molecular formula is C14H19BrClNO. The molecule has 2 rings (SSSR count). The Labute approximate surface area is 122 Å². The molecule has 0 aromatic heterocycles. The van der Waals surface area contributed by atoms with E-state index in [9.17, 15) is 0 Å². The fourth-order valence-corrected chi connectivity index (χ4v) is 2.72. The first-order chi connectivity index (χ1) is 8.58. The lowest BCUT2D eigenvalue weighted by Gasteiger charge is -2.21. The van der Waals surface area contributed by atoms with Gasteiger partial charge in [-0.05, 0) is 40.0 Å². The number of hydrogen-bond acceptors (Lipinski definition) is 2. The van der Waals surface area contributed by atoms with E-state index in [1.807, 2.05) is 12.1 Å². The molecule has 0 saturated carbocycles. The van der Waals surface area contributed by atoms with Crippen molar-refractivity contribution in [2.75, 3.05) is 13.2 Å². The molecule has 4 heteroatoms. The first kappa shape index (κ1) is 14.3. The van der Waals surface area contributed by atoms with E-state index in [1.54, 1.807) is 0 Å². The molecule has 0 radical (unpaired) electrons. The Morgan fingerprint density at radius 3 is 2.94 bits per heavy atom. The lowest BCUT2D eigenvalue weighted by Crippen LogP contribution is -2.30. The molecule has 0 bridgehead atoms. The number of hydrogen-bond donors (Lipinski definition) is 1. The molecular weight excluding hydrogens is 314 g/mol. The van der Waals surface area contributed by atoms with Crippen molar-refractivity contribution >= 4 is 27.5 Å². The van der Waals surface area contributed by atoms with Crippen molar-refractivity contribution in [2.45, 2.75) is 32.4 Å². The summed E-state index contributed by atoms with van der Waals surface area (Å²) < 4.78 is 6.80. The van der Waals surface area contributed by atoms with E-state index in [0.29, 0.717) is 12.0 Å². The largest absolute Gasteiger partial charge is 0.373 e. The third-order valence-electron chi connectivity index (χ3n) is 3.27. The molecule has 1 N–H and O–H groups in total. The fraction of sp³-hybridized carbons (Fsp3) is 0.571. The quantitative estimate of drug-likeness (QED) is 0.893. The Morgan fingerprint density at radius 2 is 2.28 bits per heavy atom. The highest BCUT2D eigenvalue weighted by Gasteiger charge is 2.29. The lowest BCUT2D eigenvalue weighted by molar-refractivity contribution is 0.0901. The Balaban J connectivity index is 2.08. The lowest BCUT2D eigenvalue weighted by atomic mass is 9.95. The van der Waals surface area contributed by atoms with Crippen molar-refractivity contribution in [3.05, 3.63) is 33.3 Å². The maximum atomic E-state index is 6.15. The van der Waals surface area contributed by atoms with Gasteiger partial charge in [0.1, 0.15) is 0 Å². The van der Waals surface area contributed by atoms with Gasteiger partial charge in [0.05, 0.1) is 11.1 Å². The summed E-state index contributed by atoms with van der Waals surface area (Å²) in [5.74, 6) is 0.532. The van der Waals surface area contributed by atoms with Gasteiger partial charge in [0, 0.05) is 29.6 Å². The number of nitrogens with one attached hydrogen (secondary N) is 1. The van der Waals surface area contributed by atoms with Crippen LogP contribution in [0.5, 0.6) is 0 Å². The number of rotatable bonds is 4. The van der Waals surface area contributed by atoms with E-state index in [4.69, 9.17) is 16.3 Å². The zero-order chi connectivity index (χ0) is 13.1. The SMILES string of the molecule is CC(C)NCC1CCOC1c1ccc(Br)c(Cl)c1. The van der Waals surface area contributed by atoms with E-state index < -0.39 is 0 Å². The average Bonchev–Trinajstić information content (AvgIpc) is 2.78. The first-order valence-corrected chi connectivity index (χ1v) is 7.55. The molecule has 100 valence electrons. The third kappa shape index (κ3) is 3.47. The smallest absolute Gasteiger partial charge is 0.0866 e. The summed E-state index contributed by atoms with van der Waals surface area (Å²) in [6, 6.07) is 6.60. The zero-order valence-electron chi connectivity index (χ0n) is 10.7. The highest BCUT2D eigenvalue weighted by Crippen LogP contribution is 2.36. The van der Waals surface area contributed by atoms with Gasteiger partial charge >= 0.3 is 0 Å². The third-order valence-corrected chi connectivity index (χ3v) is 4.51. The number of halogens is 2. The molecule has 18 heavy (non-hydrogen) atoms. The molecule has 2 unspecified atom stereocenters. The van der Waals surface area contributed by atoms with Gasteiger partial charge in [0.2, 0.25) is 0 Å². The Morgan fingerprint density at radius 1 is 1.50 bits per heavy atom. The van der Waals surface area contributed by atoms with Crippen LogP contribution in [0.15, 0.2) is 22.7 Å². The second-order valence-electron chi connectivity index (χ2n) is 5.08. The van der Waals surface area contributed by atoms with Crippen LogP contribution < -0.4 is 5.32 Å². The van der Waals surface area contributed by atoms with Gasteiger partial charge in [-0.15, -0.1) is 0 Å². The average molecular weight is 333 g/mol. The molecule has 2 nitrogen and oxygen atoms in total. The molecule has 1 heterocycles. The summed E-state index contributed by atoms with van der Waals surface area (Å²) in [5.41, 5.74) is 1.18. The normalized spacial score (nSPS) is 23.8. The summed E-state index contributed by atoms with van der Waals surface area (Å²) in [5, 5.41) is 4.24. The molecule has 1 aromatic carbocycles. The molecule has 1 aliphatic rings. The number of ether oxygens (including phenoxy) is 1. The topological polar surface area (TPSA) is 21.3 Å². The zero-order valence-corrected chi connectivity index (χ0v) is 13.1. The van der Waals surface area contributed by atoms with Crippen LogP contribution in [0.2, 0.25) is 5.02 Å². The molecule has 1 aliphatic heterocycles. The molecule has 1 aromatic rings. The van der Waals surface area contributed by atoms with Crippen molar-refractivity contribution < 1.29 is 4.74 Å². The maximum Gasteiger partial charge on any atom is 0.0866 e. The van der Waals surface area contributed by atoms with Crippen LogP contribution in [0.4, 0.5) is 0 Å². The Kier molecular flexibility index (Phi) is 5.07. The van der Waals surface area contributed by atoms with Crippen LogP contribution in [-0.4, -0.2) is 19.2 Å². The second-order valence-corrected chi connectivity index (χ2v) is 6.34. The molecule has 0 spiro atoms. The maximum absolute atomic E-state index is 6.15. The van der Waals surface area contributed by atoms with Gasteiger partial charge in [-0.25, -0.2) is 0 Å². The van der Waals surface area contributed by atoms with E-state index in [2.05, 4.69) is 41.2 Å². The Bertz CT molecular complexity index is 411. The van der Waals surface area contributed by atoms with Gasteiger partial charge in [-0.3, -0.25) is 0 Å². The minimum atomic E-state index is 0.168. The van der Waals surface area contributed by atoms with Gasteiger partial charge < -0.3 is 10.1 Å². The monoisotopic (exact) mass is 331 g/mol. The van der Waals surface area contributed by atoms with Gasteiger partial charge in [0.25, 0.3) is 0 Å². The molecule has 1 saturated heterocycles. The van der Waals surface area contributed by atoms with Crippen LogP contribution in [-0.2, 0) is 4.74 Å². The van der Waals surface area contributed by atoms with E-state index >= 15 is 0 Å². The van der Waals surface area contributed by atoms with Crippen LogP contribution in [0.3, 0.4) is 0 Å². The first-order valence-electron chi connectivity index (χ1n) is 6.38. The van der Waals surface area contributed by atoms with E-state index in [1.165, 1.54) is 5.56 Å². The molecule has 0 aliphatic carbocycles. The fourth-order valence-electron chi connectivity index (χ4n) is 2.29. The van der Waals surface area contributed by atoms with Crippen molar-refractivity contribution in [2.24, 2.45) is 5.92 Å². The minimum absolute atomic E-state index is 0.168. The summed E-state index contributed by atoms with van der Waals surface area (Å²) >= 11 is 9.57. The molecule has 0 amide bonds. The Hall–Kier alpha value is -0.0900. The van der Waals surface area contributed by atoms with Crippen molar-refractivity contribution in [3.63, 3.8) is 0 Å². The minimum Gasteiger partial charge on any atom is -0.373 e. The van der Waals surface area contributed by atoms with Crippen LogP contribution in [0, 0.1) is 5.92 Å². The highest BCUT2D eigenvalue weighted by atomic mass is 79.9. The number of benzene rings is 1. The van der Waals surface area contributed by atoms with Gasteiger partial charge in [0.15, 0.2) is 0 Å². The summed E-state index contributed by atoms with van der Waals surface area (Å²) in [6.07, 6.45) is 1.28. The van der Waals surface area contributed by atoms with E-state index in [0.717, 1.165) is 29.1 Å². The van der Waals surface area contributed by atoms with Crippen LogP contribution >= 0.6 is 27.5 Å². The standard InChI is InChI=1S/C14H19BrClNO/c1-9(2)17-8-11-5-6-18-14(11)10-3-4-12(15)13(16)7-10/h3-4,7,9,11,14,17H,5-6,8H2,1-2H3. The van der Waals surface area contributed by atoms with Crippen LogP contribution in [0.25, 0.3) is 0 Å².